The third kappa shape index (κ3) is 4.72. The van der Waals surface area contributed by atoms with Gasteiger partial charge in [-0.15, -0.1) is 0 Å². The molecule has 0 atom stereocenters. The zero-order valence-corrected chi connectivity index (χ0v) is 11.3. The van der Waals surface area contributed by atoms with Crippen molar-refractivity contribution in [2.24, 2.45) is 0 Å². The number of alkyl halides is 2. The monoisotopic (exact) mass is 314 g/mol. The predicted octanol–water partition coefficient (Wildman–Crippen LogP) is 2.75. The van der Waals surface area contributed by atoms with Gasteiger partial charge in [0.2, 0.25) is 5.91 Å². The van der Waals surface area contributed by atoms with Crippen LogP contribution in [0.4, 0.5) is 18.9 Å². The summed E-state index contributed by atoms with van der Waals surface area (Å²) in [7, 11) is 0. The van der Waals surface area contributed by atoms with Crippen molar-refractivity contribution in [1.82, 2.24) is 5.32 Å². The maximum Gasteiger partial charge on any atom is 0.387 e. The Labute approximate surface area is 124 Å². The highest BCUT2D eigenvalue weighted by molar-refractivity contribution is 5.81. The number of anilines is 1. The third-order valence-electron chi connectivity index (χ3n) is 2.64. The van der Waals surface area contributed by atoms with Crippen LogP contribution in [0.2, 0.25) is 0 Å². The van der Waals surface area contributed by atoms with Crippen LogP contribution in [0.1, 0.15) is 5.76 Å². The summed E-state index contributed by atoms with van der Waals surface area (Å²) < 4.78 is 46.9. The molecule has 2 N–H and O–H groups in total. The van der Waals surface area contributed by atoms with E-state index in [1.807, 2.05) is 0 Å². The fraction of sp³-hybridized carbons (Fsp3) is 0.214. The Morgan fingerprint density at radius 3 is 2.82 bits per heavy atom. The molecule has 0 aliphatic heterocycles. The molecule has 0 unspecified atom stereocenters. The summed E-state index contributed by atoms with van der Waals surface area (Å²) in [6.45, 7) is -3.08. The first-order chi connectivity index (χ1) is 10.5. The van der Waals surface area contributed by atoms with Crippen molar-refractivity contribution in [2.75, 3.05) is 11.9 Å². The van der Waals surface area contributed by atoms with E-state index in [9.17, 15) is 18.0 Å². The van der Waals surface area contributed by atoms with Gasteiger partial charge in [-0.05, 0) is 24.3 Å². The summed E-state index contributed by atoms with van der Waals surface area (Å²) in [5.74, 6) is -0.722. The quantitative estimate of drug-likeness (QED) is 0.825. The Kier molecular flexibility index (Phi) is 5.29. The van der Waals surface area contributed by atoms with E-state index in [4.69, 9.17) is 4.42 Å². The van der Waals surface area contributed by atoms with Gasteiger partial charge < -0.3 is 19.8 Å². The summed E-state index contributed by atoms with van der Waals surface area (Å²) in [6, 6.07) is 6.39. The normalized spacial score (nSPS) is 10.5. The topological polar surface area (TPSA) is 63.5 Å². The van der Waals surface area contributed by atoms with Crippen molar-refractivity contribution in [2.45, 2.75) is 13.2 Å². The van der Waals surface area contributed by atoms with Crippen molar-refractivity contribution in [3.05, 3.63) is 48.2 Å². The van der Waals surface area contributed by atoms with Gasteiger partial charge in [0.05, 0.1) is 25.0 Å². The molecule has 2 aromatic rings. The molecule has 1 amide bonds. The van der Waals surface area contributed by atoms with E-state index < -0.39 is 18.3 Å². The van der Waals surface area contributed by atoms with Crippen LogP contribution < -0.4 is 15.4 Å². The Morgan fingerprint density at radius 2 is 2.14 bits per heavy atom. The predicted molar refractivity (Wildman–Crippen MR) is 72.1 cm³/mol. The Hall–Kier alpha value is -2.64. The van der Waals surface area contributed by atoms with Gasteiger partial charge in [-0.25, -0.2) is 4.39 Å². The standard InChI is InChI=1S/C14H13F3N2O3/c15-9-3-4-12(22-14(16)17)11(6-9)18-8-13(20)19-7-10-2-1-5-21-10/h1-6,14,18H,7-8H2,(H,19,20). The minimum atomic E-state index is -3.04. The van der Waals surface area contributed by atoms with Crippen LogP contribution in [-0.4, -0.2) is 19.1 Å². The number of nitrogens with one attached hydrogen (secondary N) is 2. The van der Waals surface area contributed by atoms with Gasteiger partial charge in [0.25, 0.3) is 0 Å². The SMILES string of the molecule is O=C(CNc1cc(F)ccc1OC(F)F)NCc1ccco1. The summed E-state index contributed by atoms with van der Waals surface area (Å²) in [4.78, 5) is 11.6. The maximum atomic E-state index is 13.1. The molecule has 1 aromatic heterocycles. The number of carbonyl (C=O) groups excluding carboxylic acids is 1. The summed E-state index contributed by atoms with van der Waals surface area (Å²) in [5, 5.41) is 5.10. The van der Waals surface area contributed by atoms with E-state index in [1.54, 1.807) is 12.1 Å². The van der Waals surface area contributed by atoms with Gasteiger partial charge >= 0.3 is 6.61 Å². The van der Waals surface area contributed by atoms with Crippen molar-refractivity contribution in [1.29, 1.82) is 0 Å². The third-order valence-corrected chi connectivity index (χ3v) is 2.64. The molecular weight excluding hydrogens is 301 g/mol. The molecule has 5 nitrogen and oxygen atoms in total. The zero-order valence-electron chi connectivity index (χ0n) is 11.3. The highest BCUT2D eigenvalue weighted by Gasteiger charge is 2.12. The van der Waals surface area contributed by atoms with Crippen LogP contribution in [0.5, 0.6) is 5.75 Å². The fourth-order valence-electron chi connectivity index (χ4n) is 1.68. The lowest BCUT2D eigenvalue weighted by molar-refractivity contribution is -0.119. The summed E-state index contributed by atoms with van der Waals surface area (Å²) in [5.41, 5.74) is -0.0338. The lowest BCUT2D eigenvalue weighted by Crippen LogP contribution is -2.29. The van der Waals surface area contributed by atoms with Crippen molar-refractivity contribution < 1.29 is 27.1 Å². The van der Waals surface area contributed by atoms with Crippen LogP contribution >= 0.6 is 0 Å². The second kappa shape index (κ2) is 7.39. The molecule has 0 aliphatic carbocycles. The highest BCUT2D eigenvalue weighted by Crippen LogP contribution is 2.26. The number of ether oxygens (including phenoxy) is 1. The Bertz CT molecular complexity index is 618. The molecule has 0 spiro atoms. The lowest BCUT2D eigenvalue weighted by Gasteiger charge is -2.12. The second-order valence-corrected chi connectivity index (χ2v) is 4.23. The first-order valence-corrected chi connectivity index (χ1v) is 6.32. The van der Waals surface area contributed by atoms with E-state index in [0.29, 0.717) is 5.76 Å². The molecule has 0 bridgehead atoms. The van der Waals surface area contributed by atoms with Crippen molar-refractivity contribution >= 4 is 11.6 Å². The van der Waals surface area contributed by atoms with E-state index in [0.717, 1.165) is 18.2 Å². The van der Waals surface area contributed by atoms with Gasteiger partial charge in [0, 0.05) is 6.07 Å². The highest BCUT2D eigenvalue weighted by atomic mass is 19.3. The smallest absolute Gasteiger partial charge is 0.387 e. The van der Waals surface area contributed by atoms with E-state index in [1.165, 1.54) is 6.26 Å². The Balaban J connectivity index is 1.89. The molecule has 0 fully saturated rings. The van der Waals surface area contributed by atoms with E-state index in [2.05, 4.69) is 15.4 Å². The van der Waals surface area contributed by atoms with E-state index >= 15 is 0 Å². The van der Waals surface area contributed by atoms with Crippen LogP contribution in [0, 0.1) is 5.82 Å². The van der Waals surface area contributed by atoms with Gasteiger partial charge in [-0.2, -0.15) is 8.78 Å². The largest absolute Gasteiger partial charge is 0.467 e. The summed E-state index contributed by atoms with van der Waals surface area (Å²) in [6.07, 6.45) is 1.47. The minimum absolute atomic E-state index is 0.0338. The van der Waals surface area contributed by atoms with Crippen LogP contribution in [-0.2, 0) is 11.3 Å². The average molecular weight is 314 g/mol. The molecule has 0 aliphatic rings. The van der Waals surface area contributed by atoms with Crippen LogP contribution in [0.25, 0.3) is 0 Å². The number of carbonyl (C=O) groups is 1. The van der Waals surface area contributed by atoms with Gasteiger partial charge in [0.15, 0.2) is 0 Å². The number of furan rings is 1. The number of hydrogen-bond donors (Lipinski definition) is 2. The number of rotatable bonds is 7. The number of halogens is 3. The Morgan fingerprint density at radius 1 is 1.32 bits per heavy atom. The number of hydrogen-bond acceptors (Lipinski definition) is 4. The van der Waals surface area contributed by atoms with Crippen LogP contribution in [0.15, 0.2) is 41.0 Å². The lowest BCUT2D eigenvalue weighted by atomic mass is 10.3. The molecule has 1 heterocycles. The van der Waals surface area contributed by atoms with Gasteiger partial charge in [0.1, 0.15) is 17.3 Å². The molecule has 0 saturated heterocycles. The average Bonchev–Trinajstić information content (AvgIpc) is 2.98. The molecule has 0 radical (unpaired) electrons. The molecule has 22 heavy (non-hydrogen) atoms. The molecule has 8 heteroatoms. The molecule has 118 valence electrons. The van der Waals surface area contributed by atoms with Crippen molar-refractivity contribution in [3.63, 3.8) is 0 Å². The van der Waals surface area contributed by atoms with Crippen molar-refractivity contribution in [3.8, 4) is 5.75 Å². The van der Waals surface area contributed by atoms with Gasteiger partial charge in [-0.1, -0.05) is 0 Å². The second-order valence-electron chi connectivity index (χ2n) is 4.23. The maximum absolute atomic E-state index is 13.1. The summed E-state index contributed by atoms with van der Waals surface area (Å²) >= 11 is 0. The molecule has 0 saturated carbocycles. The first-order valence-electron chi connectivity index (χ1n) is 6.32. The zero-order chi connectivity index (χ0) is 15.9. The van der Waals surface area contributed by atoms with E-state index in [-0.39, 0.29) is 24.5 Å². The minimum Gasteiger partial charge on any atom is -0.467 e. The molecular formula is C14H13F3N2O3. The first kappa shape index (κ1) is 15.7. The molecule has 2 rings (SSSR count). The number of benzene rings is 1. The van der Waals surface area contributed by atoms with Crippen LogP contribution in [0.3, 0.4) is 0 Å². The van der Waals surface area contributed by atoms with Gasteiger partial charge in [-0.3, -0.25) is 4.79 Å². The molecule has 1 aromatic carbocycles. The fourth-order valence-corrected chi connectivity index (χ4v) is 1.68. The number of amides is 1.